The highest BCUT2D eigenvalue weighted by Gasteiger charge is 2.27. The van der Waals surface area contributed by atoms with Gasteiger partial charge in [-0.25, -0.2) is 0 Å². The van der Waals surface area contributed by atoms with Crippen molar-refractivity contribution in [3.63, 3.8) is 0 Å². The Bertz CT molecular complexity index is 1050. The maximum Gasteiger partial charge on any atom is 0.309 e. The molecule has 0 aromatic heterocycles. The number of benzene rings is 2. The Balaban J connectivity index is 1.90. The van der Waals surface area contributed by atoms with E-state index in [1.54, 1.807) is 30.3 Å². The first-order valence-electron chi connectivity index (χ1n) is 11.8. The molecule has 35 heavy (non-hydrogen) atoms. The van der Waals surface area contributed by atoms with E-state index in [1.165, 1.54) is 0 Å². The van der Waals surface area contributed by atoms with Gasteiger partial charge in [0.15, 0.2) is 0 Å². The highest BCUT2D eigenvalue weighted by atomic mass is 79.9. The lowest BCUT2D eigenvalue weighted by atomic mass is 9.93. The molecule has 0 saturated carbocycles. The van der Waals surface area contributed by atoms with Crippen LogP contribution in [-0.2, 0) is 25.5 Å². The third-order valence-corrected chi connectivity index (χ3v) is 6.34. The lowest BCUT2D eigenvalue weighted by Crippen LogP contribution is -2.49. The number of amides is 2. The number of phenols is 1. The monoisotopic (exact) mass is 542 g/mol. The summed E-state index contributed by atoms with van der Waals surface area (Å²) >= 11 is 3.49. The summed E-state index contributed by atoms with van der Waals surface area (Å²) < 4.78 is 6.13. The van der Waals surface area contributed by atoms with E-state index < -0.39 is 6.04 Å². The second-order valence-corrected chi connectivity index (χ2v) is 9.62. The fraction of sp³-hybridized carbons (Fsp3) is 0.370. The number of cyclic esters (lactones) is 1. The van der Waals surface area contributed by atoms with Crippen molar-refractivity contribution < 1.29 is 24.2 Å². The van der Waals surface area contributed by atoms with Gasteiger partial charge in [-0.2, -0.15) is 0 Å². The first kappa shape index (κ1) is 26.5. The Labute approximate surface area is 214 Å². The van der Waals surface area contributed by atoms with Gasteiger partial charge in [0.05, 0.1) is 19.1 Å². The van der Waals surface area contributed by atoms with Crippen LogP contribution in [0, 0.1) is 5.92 Å². The fourth-order valence-corrected chi connectivity index (χ4v) is 4.36. The van der Waals surface area contributed by atoms with Crippen molar-refractivity contribution >= 4 is 33.7 Å². The molecule has 0 unspecified atom stereocenters. The van der Waals surface area contributed by atoms with E-state index >= 15 is 0 Å². The number of hydrogen-bond donors (Lipinski definition) is 3. The molecule has 8 heteroatoms. The molecule has 3 atom stereocenters. The van der Waals surface area contributed by atoms with E-state index in [4.69, 9.17) is 4.74 Å². The second kappa shape index (κ2) is 13.1. The predicted molar refractivity (Wildman–Crippen MR) is 136 cm³/mol. The Hall–Kier alpha value is -3.13. The number of carbonyl (C=O) groups excluding carboxylic acids is 3. The highest BCUT2D eigenvalue weighted by Crippen LogP contribution is 2.26. The number of carbonyl (C=O) groups is 3. The summed E-state index contributed by atoms with van der Waals surface area (Å²) in [5.41, 5.74) is 1.71. The van der Waals surface area contributed by atoms with E-state index in [0.29, 0.717) is 12.8 Å². The van der Waals surface area contributed by atoms with Gasteiger partial charge in [0.25, 0.3) is 0 Å². The van der Waals surface area contributed by atoms with Crippen LogP contribution in [0.3, 0.4) is 0 Å². The van der Waals surface area contributed by atoms with Crippen LogP contribution in [-0.4, -0.2) is 35.5 Å². The smallest absolute Gasteiger partial charge is 0.309 e. The number of esters is 1. The molecule has 0 aliphatic carbocycles. The number of halogens is 1. The van der Waals surface area contributed by atoms with Gasteiger partial charge in [-0.15, -0.1) is 0 Å². The summed E-state index contributed by atoms with van der Waals surface area (Å²) in [5, 5.41) is 15.6. The highest BCUT2D eigenvalue weighted by molar-refractivity contribution is 9.10. The minimum Gasteiger partial charge on any atom is -0.508 e. The van der Waals surface area contributed by atoms with Crippen LogP contribution in [0.5, 0.6) is 5.75 Å². The zero-order valence-electron chi connectivity index (χ0n) is 19.7. The van der Waals surface area contributed by atoms with Crippen LogP contribution in [0.1, 0.15) is 49.8 Å². The second-order valence-electron chi connectivity index (χ2n) is 8.70. The van der Waals surface area contributed by atoms with Crippen molar-refractivity contribution in [1.29, 1.82) is 0 Å². The van der Waals surface area contributed by atoms with Gasteiger partial charge in [0.1, 0.15) is 11.8 Å². The number of rotatable bonds is 3. The first-order valence-corrected chi connectivity index (χ1v) is 12.6. The molecule has 1 aliphatic rings. The van der Waals surface area contributed by atoms with Crippen LogP contribution >= 0.6 is 15.9 Å². The van der Waals surface area contributed by atoms with Gasteiger partial charge in [0.2, 0.25) is 11.8 Å². The zero-order chi connectivity index (χ0) is 25.2. The average Bonchev–Trinajstić information content (AvgIpc) is 2.82. The molecule has 0 fully saturated rings. The van der Waals surface area contributed by atoms with Gasteiger partial charge in [-0.1, -0.05) is 59.3 Å². The number of nitrogens with one attached hydrogen (secondary N) is 2. The molecule has 186 valence electrons. The molecule has 0 spiro atoms. The Morgan fingerprint density at radius 1 is 1.06 bits per heavy atom. The number of ether oxygens (including phenoxy) is 1. The standard InChI is InChI=1S/C27H31BrN2O5/c1-18-6-4-10-25(33)35-15-3-2-9-24(32)29-23(16-19-11-13-22(31)14-12-19)27(34)30-26(18)20-7-5-8-21(28)17-20/h4-8,11-14,17-18,23,26,31H,2-3,9-10,15-16H2,1H3,(H,29,32)(H,30,34)/b6-4+/t18-,23+,26+/m1/s1. The molecule has 2 aromatic rings. The summed E-state index contributed by atoms with van der Waals surface area (Å²) in [7, 11) is 0. The maximum atomic E-state index is 13.5. The molecule has 0 radical (unpaired) electrons. The van der Waals surface area contributed by atoms with Gasteiger partial charge in [-0.05, 0) is 54.2 Å². The molecule has 2 amide bonds. The normalized spacial score (nSPS) is 23.6. The van der Waals surface area contributed by atoms with Crippen molar-refractivity contribution in [2.75, 3.05) is 6.61 Å². The lowest BCUT2D eigenvalue weighted by Gasteiger charge is -2.27. The fourth-order valence-electron chi connectivity index (χ4n) is 3.94. The van der Waals surface area contributed by atoms with Crippen LogP contribution in [0.2, 0.25) is 0 Å². The van der Waals surface area contributed by atoms with Gasteiger partial charge in [0, 0.05) is 17.3 Å². The van der Waals surface area contributed by atoms with Gasteiger partial charge < -0.3 is 20.5 Å². The minimum atomic E-state index is -0.788. The SMILES string of the molecule is C[C@@H]1/C=C/CC(=O)OCCCCC(=O)N[C@@H](Cc2ccc(O)cc2)C(=O)N[C@@H]1c1cccc(Br)c1. The average molecular weight is 543 g/mol. The maximum absolute atomic E-state index is 13.5. The van der Waals surface area contributed by atoms with Crippen LogP contribution < -0.4 is 10.6 Å². The van der Waals surface area contributed by atoms with E-state index in [9.17, 15) is 19.5 Å². The van der Waals surface area contributed by atoms with Crippen LogP contribution in [0.25, 0.3) is 0 Å². The molecule has 3 N–H and O–H groups in total. The predicted octanol–water partition coefficient (Wildman–Crippen LogP) is 4.35. The zero-order valence-corrected chi connectivity index (χ0v) is 21.3. The van der Waals surface area contributed by atoms with Crippen molar-refractivity contribution in [2.24, 2.45) is 5.92 Å². The molecule has 1 aliphatic heterocycles. The number of hydrogen-bond acceptors (Lipinski definition) is 5. The van der Waals surface area contributed by atoms with Crippen molar-refractivity contribution in [3.8, 4) is 5.75 Å². The van der Waals surface area contributed by atoms with E-state index in [1.807, 2.05) is 37.3 Å². The third-order valence-electron chi connectivity index (χ3n) is 5.84. The number of aromatic hydroxyl groups is 1. The molecule has 7 nitrogen and oxygen atoms in total. The molecule has 2 aromatic carbocycles. The van der Waals surface area contributed by atoms with Crippen molar-refractivity contribution in [2.45, 2.75) is 51.1 Å². The van der Waals surface area contributed by atoms with Gasteiger partial charge in [-0.3, -0.25) is 14.4 Å². The minimum absolute atomic E-state index is 0.135. The Morgan fingerprint density at radius 3 is 2.57 bits per heavy atom. The molecular formula is C27H31BrN2O5. The topological polar surface area (TPSA) is 105 Å². The third kappa shape index (κ3) is 8.55. The largest absolute Gasteiger partial charge is 0.508 e. The van der Waals surface area contributed by atoms with Crippen LogP contribution in [0.4, 0.5) is 0 Å². The molecule has 0 bridgehead atoms. The Morgan fingerprint density at radius 2 is 1.83 bits per heavy atom. The molecule has 0 saturated heterocycles. The summed E-state index contributed by atoms with van der Waals surface area (Å²) in [6, 6.07) is 13.1. The lowest BCUT2D eigenvalue weighted by molar-refractivity contribution is -0.142. The summed E-state index contributed by atoms with van der Waals surface area (Å²) in [6.07, 6.45) is 5.43. The summed E-state index contributed by atoms with van der Waals surface area (Å²) in [4.78, 5) is 38.1. The summed E-state index contributed by atoms with van der Waals surface area (Å²) in [6.45, 7) is 2.22. The van der Waals surface area contributed by atoms with E-state index in [0.717, 1.165) is 15.6 Å². The molecule has 1 heterocycles. The molecular weight excluding hydrogens is 512 g/mol. The quantitative estimate of drug-likeness (QED) is 0.395. The Kier molecular flexibility index (Phi) is 9.90. The van der Waals surface area contributed by atoms with Crippen molar-refractivity contribution in [1.82, 2.24) is 10.6 Å². The summed E-state index contributed by atoms with van der Waals surface area (Å²) in [5.74, 6) is -0.866. The van der Waals surface area contributed by atoms with Crippen LogP contribution in [0.15, 0.2) is 65.2 Å². The van der Waals surface area contributed by atoms with E-state index in [-0.39, 0.29) is 61.4 Å². The van der Waals surface area contributed by atoms with Crippen molar-refractivity contribution in [3.05, 3.63) is 76.3 Å². The molecule has 3 rings (SSSR count). The first-order chi connectivity index (χ1) is 16.8. The number of phenolic OH excluding ortho intramolecular Hbond substituents is 1. The van der Waals surface area contributed by atoms with Gasteiger partial charge >= 0.3 is 5.97 Å². The van der Waals surface area contributed by atoms with E-state index in [2.05, 4.69) is 26.6 Å².